The Kier molecular flexibility index (Phi) is 3.71. The van der Waals surface area contributed by atoms with Crippen LogP contribution in [0, 0.1) is 6.92 Å². The molecule has 1 aromatic heterocycles. The molecule has 134 valence electrons. The Morgan fingerprint density at radius 2 is 1.96 bits per heavy atom. The van der Waals surface area contributed by atoms with Gasteiger partial charge in [-0.05, 0) is 18.6 Å². The summed E-state index contributed by atoms with van der Waals surface area (Å²) >= 11 is 0. The number of nitrogens with one attached hydrogen (secondary N) is 1. The number of hydrogen-bond acceptors (Lipinski definition) is 5. The van der Waals surface area contributed by atoms with E-state index in [0.717, 1.165) is 16.9 Å². The molecule has 3 aromatic rings. The molecule has 4 rings (SSSR count). The lowest BCUT2D eigenvalue weighted by Crippen LogP contribution is -2.37. The number of aryl methyl sites for hydroxylation is 2. The molecule has 0 bridgehead atoms. The van der Waals surface area contributed by atoms with E-state index in [1.807, 2.05) is 48.9 Å². The first-order chi connectivity index (χ1) is 12.4. The van der Waals surface area contributed by atoms with Crippen molar-refractivity contribution < 1.29 is 15.0 Å². The normalized spacial score (nSPS) is 22.1. The maximum Gasteiger partial charge on any atom is 0.249 e. The maximum absolute atomic E-state index is 12.0. The minimum Gasteiger partial charge on any atom is -0.388 e. The van der Waals surface area contributed by atoms with E-state index < -0.39 is 24.2 Å². The third kappa shape index (κ3) is 2.28. The van der Waals surface area contributed by atoms with Gasteiger partial charge in [0.05, 0.1) is 17.2 Å². The van der Waals surface area contributed by atoms with E-state index in [1.165, 1.54) is 0 Å². The number of carbonyl (C=O) groups excluding carboxylic acids is 1. The van der Waals surface area contributed by atoms with Gasteiger partial charge in [0.15, 0.2) is 0 Å². The summed E-state index contributed by atoms with van der Waals surface area (Å²) in [7, 11) is 1.85. The van der Waals surface area contributed by atoms with E-state index in [9.17, 15) is 15.0 Å². The SMILES string of the molecule is Cc1nc2c3c(c(C(N)=O)cc2n1C)[C@H](O)[C@@H](O)[C@@H](c1ccccc1)N3. The van der Waals surface area contributed by atoms with E-state index >= 15 is 0 Å². The van der Waals surface area contributed by atoms with E-state index in [1.54, 1.807) is 6.07 Å². The van der Waals surface area contributed by atoms with Crippen LogP contribution in [0.15, 0.2) is 36.4 Å². The highest BCUT2D eigenvalue weighted by molar-refractivity contribution is 6.04. The summed E-state index contributed by atoms with van der Waals surface area (Å²) < 4.78 is 1.86. The molecule has 0 radical (unpaired) electrons. The molecule has 0 unspecified atom stereocenters. The van der Waals surface area contributed by atoms with Crippen molar-refractivity contribution >= 4 is 22.6 Å². The van der Waals surface area contributed by atoms with Gasteiger partial charge in [0.2, 0.25) is 5.91 Å². The van der Waals surface area contributed by atoms with Crippen molar-refractivity contribution in [2.75, 3.05) is 5.32 Å². The predicted octanol–water partition coefficient (Wildman–Crippen LogP) is 1.54. The first-order valence-corrected chi connectivity index (χ1v) is 8.37. The Morgan fingerprint density at radius 1 is 1.27 bits per heavy atom. The molecule has 1 aliphatic heterocycles. The molecule has 7 nitrogen and oxygen atoms in total. The average molecular weight is 352 g/mol. The molecule has 0 fully saturated rings. The number of nitrogens with zero attached hydrogens (tertiary/aromatic N) is 2. The summed E-state index contributed by atoms with van der Waals surface area (Å²) in [4.78, 5) is 16.6. The Hall–Kier alpha value is -2.90. The Morgan fingerprint density at radius 3 is 2.62 bits per heavy atom. The lowest BCUT2D eigenvalue weighted by molar-refractivity contribution is 0.00166. The number of aliphatic hydroxyl groups excluding tert-OH is 2. The predicted molar refractivity (Wildman–Crippen MR) is 97.7 cm³/mol. The molecule has 1 amide bonds. The lowest BCUT2D eigenvalue weighted by Gasteiger charge is -2.36. The highest BCUT2D eigenvalue weighted by Crippen LogP contribution is 2.44. The van der Waals surface area contributed by atoms with Crippen LogP contribution in [0.25, 0.3) is 11.0 Å². The fourth-order valence-corrected chi connectivity index (χ4v) is 3.65. The van der Waals surface area contributed by atoms with Gasteiger partial charge in [-0.2, -0.15) is 0 Å². The number of primary amides is 1. The van der Waals surface area contributed by atoms with Crippen LogP contribution in [-0.4, -0.2) is 31.8 Å². The van der Waals surface area contributed by atoms with Gasteiger partial charge in [-0.25, -0.2) is 4.98 Å². The van der Waals surface area contributed by atoms with Crippen LogP contribution in [0.3, 0.4) is 0 Å². The summed E-state index contributed by atoms with van der Waals surface area (Å²) in [5, 5.41) is 24.8. The number of imidazole rings is 1. The molecule has 2 aromatic carbocycles. The fraction of sp³-hybridized carbons (Fsp3) is 0.263. The largest absolute Gasteiger partial charge is 0.388 e. The van der Waals surface area contributed by atoms with E-state index in [-0.39, 0.29) is 5.56 Å². The van der Waals surface area contributed by atoms with Gasteiger partial charge in [0.25, 0.3) is 0 Å². The number of benzene rings is 2. The number of carbonyl (C=O) groups is 1. The number of rotatable bonds is 2. The van der Waals surface area contributed by atoms with E-state index in [2.05, 4.69) is 10.3 Å². The quantitative estimate of drug-likeness (QED) is 0.559. The van der Waals surface area contributed by atoms with Crippen LogP contribution < -0.4 is 11.1 Å². The zero-order valence-corrected chi connectivity index (χ0v) is 14.5. The molecule has 0 aliphatic carbocycles. The Bertz CT molecular complexity index is 1010. The number of nitrogens with two attached hydrogens (primary N) is 1. The number of hydrogen-bond donors (Lipinski definition) is 4. The van der Waals surface area contributed by atoms with Gasteiger partial charge in [0, 0.05) is 18.2 Å². The average Bonchev–Trinajstić information content (AvgIpc) is 2.92. The third-order valence-corrected chi connectivity index (χ3v) is 5.13. The fourth-order valence-electron chi connectivity index (χ4n) is 3.65. The molecule has 0 saturated carbocycles. The Balaban J connectivity index is 2.00. The van der Waals surface area contributed by atoms with E-state index in [0.29, 0.717) is 16.8 Å². The van der Waals surface area contributed by atoms with Crippen LogP contribution in [0.4, 0.5) is 5.69 Å². The third-order valence-electron chi connectivity index (χ3n) is 5.13. The second-order valence-corrected chi connectivity index (χ2v) is 6.63. The molecule has 7 heteroatoms. The summed E-state index contributed by atoms with van der Waals surface area (Å²) in [6.07, 6.45) is -2.39. The first kappa shape index (κ1) is 16.6. The van der Waals surface area contributed by atoms with Gasteiger partial charge in [0.1, 0.15) is 23.5 Å². The topological polar surface area (TPSA) is 113 Å². The maximum atomic E-state index is 12.0. The summed E-state index contributed by atoms with van der Waals surface area (Å²) in [6.45, 7) is 1.86. The smallest absolute Gasteiger partial charge is 0.249 e. The van der Waals surface area contributed by atoms with Crippen molar-refractivity contribution in [1.29, 1.82) is 0 Å². The molecule has 1 aliphatic rings. The molecule has 3 atom stereocenters. The Labute approximate surface area is 150 Å². The molecule has 0 saturated heterocycles. The monoisotopic (exact) mass is 352 g/mol. The standard InChI is InChI=1S/C19H20N4O3/c1-9-21-15-12(23(9)2)8-11(19(20)26)13-16(15)22-14(18(25)17(13)24)10-6-4-3-5-7-10/h3-8,14,17-18,22,24-25H,1-2H3,(H2,20,26)/t14-,17+,18+/m1/s1. The van der Waals surface area contributed by atoms with Crippen molar-refractivity contribution in [3.05, 3.63) is 58.9 Å². The van der Waals surface area contributed by atoms with Crippen LogP contribution in [0.5, 0.6) is 0 Å². The lowest BCUT2D eigenvalue weighted by atomic mass is 9.85. The molecule has 5 N–H and O–H groups in total. The highest BCUT2D eigenvalue weighted by Gasteiger charge is 2.39. The van der Waals surface area contributed by atoms with Crippen LogP contribution in [-0.2, 0) is 7.05 Å². The minimum atomic E-state index is -1.26. The molecule has 26 heavy (non-hydrogen) atoms. The van der Waals surface area contributed by atoms with Gasteiger partial charge < -0.3 is 25.8 Å². The van der Waals surface area contributed by atoms with Gasteiger partial charge in [-0.15, -0.1) is 0 Å². The van der Waals surface area contributed by atoms with Gasteiger partial charge >= 0.3 is 0 Å². The summed E-state index contributed by atoms with van der Waals surface area (Å²) in [5.41, 5.74) is 8.76. The van der Waals surface area contributed by atoms with Crippen molar-refractivity contribution in [2.45, 2.75) is 25.2 Å². The first-order valence-electron chi connectivity index (χ1n) is 8.37. The zero-order chi connectivity index (χ0) is 18.6. The summed E-state index contributed by atoms with van der Waals surface area (Å²) in [6, 6.07) is 10.4. The van der Waals surface area contributed by atoms with Crippen LogP contribution in [0.2, 0.25) is 0 Å². The zero-order valence-electron chi connectivity index (χ0n) is 14.5. The number of aromatic nitrogens is 2. The van der Waals surface area contributed by atoms with Gasteiger partial charge in [-0.3, -0.25) is 4.79 Å². The number of aliphatic hydroxyl groups is 2. The minimum absolute atomic E-state index is 0.182. The van der Waals surface area contributed by atoms with E-state index in [4.69, 9.17) is 5.73 Å². The molecule has 0 spiro atoms. The van der Waals surface area contributed by atoms with Crippen molar-refractivity contribution in [2.24, 2.45) is 12.8 Å². The second-order valence-electron chi connectivity index (χ2n) is 6.63. The highest BCUT2D eigenvalue weighted by atomic mass is 16.3. The van der Waals surface area contributed by atoms with Crippen LogP contribution >= 0.6 is 0 Å². The molecular formula is C19H20N4O3. The molecular weight excluding hydrogens is 332 g/mol. The number of fused-ring (bicyclic) bond motifs is 3. The number of amides is 1. The second kappa shape index (κ2) is 5.82. The van der Waals surface area contributed by atoms with Crippen molar-refractivity contribution in [3.8, 4) is 0 Å². The van der Waals surface area contributed by atoms with Crippen molar-refractivity contribution in [1.82, 2.24) is 9.55 Å². The van der Waals surface area contributed by atoms with Gasteiger partial charge in [-0.1, -0.05) is 30.3 Å². The molecule has 2 heterocycles. The van der Waals surface area contributed by atoms with Crippen LogP contribution in [0.1, 0.15) is 39.5 Å². The number of anilines is 1. The van der Waals surface area contributed by atoms with Crippen molar-refractivity contribution in [3.63, 3.8) is 0 Å². The summed E-state index contributed by atoms with van der Waals surface area (Å²) in [5.74, 6) is 0.107.